The molecule has 43 heavy (non-hydrogen) atoms. The van der Waals surface area contributed by atoms with Crippen LogP contribution >= 0.6 is 0 Å². The highest BCUT2D eigenvalue weighted by Gasteiger charge is 2.33. The summed E-state index contributed by atoms with van der Waals surface area (Å²) in [6.07, 6.45) is 1.09. The van der Waals surface area contributed by atoms with Gasteiger partial charge in [-0.3, -0.25) is 9.59 Å². The van der Waals surface area contributed by atoms with Gasteiger partial charge in [0.05, 0.1) is 17.1 Å². The summed E-state index contributed by atoms with van der Waals surface area (Å²) in [6.45, 7) is 0.876. The summed E-state index contributed by atoms with van der Waals surface area (Å²) in [5.41, 5.74) is 3.65. The van der Waals surface area contributed by atoms with Gasteiger partial charge in [0, 0.05) is 19.5 Å². The van der Waals surface area contributed by atoms with Gasteiger partial charge in [-0.2, -0.15) is 0 Å². The highest BCUT2D eigenvalue weighted by molar-refractivity contribution is 7.89. The van der Waals surface area contributed by atoms with Crippen molar-refractivity contribution in [2.24, 2.45) is 0 Å². The van der Waals surface area contributed by atoms with Gasteiger partial charge in [0.1, 0.15) is 5.75 Å². The van der Waals surface area contributed by atoms with E-state index in [9.17, 15) is 18.0 Å². The molecule has 0 aliphatic carbocycles. The predicted octanol–water partition coefficient (Wildman–Crippen LogP) is 4.29. The number of carbonyl (C=O) groups is 2. The number of ether oxygens (including phenoxy) is 1. The van der Waals surface area contributed by atoms with Crippen molar-refractivity contribution in [1.82, 2.24) is 10.0 Å². The molecular formula is C34H35N3O5S. The van der Waals surface area contributed by atoms with Crippen LogP contribution in [0.1, 0.15) is 23.1 Å². The topological polar surface area (TPSA) is 105 Å². The molecule has 1 aliphatic heterocycles. The van der Waals surface area contributed by atoms with Crippen molar-refractivity contribution >= 4 is 27.5 Å². The molecule has 2 amide bonds. The molecule has 0 aromatic heterocycles. The van der Waals surface area contributed by atoms with Gasteiger partial charge in [0.25, 0.3) is 5.91 Å². The first-order valence-electron chi connectivity index (χ1n) is 14.4. The van der Waals surface area contributed by atoms with Gasteiger partial charge in [-0.05, 0) is 60.2 Å². The Hall–Kier alpha value is -4.47. The van der Waals surface area contributed by atoms with Crippen molar-refractivity contribution in [1.29, 1.82) is 0 Å². The number of rotatable bonds is 12. The first-order valence-corrected chi connectivity index (χ1v) is 15.9. The average molecular weight is 598 g/mol. The number of para-hydroxylation sites is 2. The summed E-state index contributed by atoms with van der Waals surface area (Å²) in [4.78, 5) is 28.2. The van der Waals surface area contributed by atoms with E-state index < -0.39 is 16.1 Å². The van der Waals surface area contributed by atoms with Crippen molar-refractivity contribution in [2.75, 3.05) is 24.5 Å². The zero-order valence-corrected chi connectivity index (χ0v) is 24.6. The Morgan fingerprint density at radius 2 is 1.30 bits per heavy atom. The molecule has 0 spiro atoms. The molecule has 5 rings (SSSR count). The lowest BCUT2D eigenvalue weighted by molar-refractivity contribution is -0.128. The molecule has 222 valence electrons. The van der Waals surface area contributed by atoms with Gasteiger partial charge in [-0.15, -0.1) is 0 Å². The van der Waals surface area contributed by atoms with E-state index in [0.717, 1.165) is 16.7 Å². The minimum absolute atomic E-state index is 0.110. The Labute approximate surface area is 252 Å². The van der Waals surface area contributed by atoms with Crippen LogP contribution in [0.15, 0.2) is 114 Å². The molecule has 0 saturated carbocycles. The number of amides is 2. The fourth-order valence-corrected chi connectivity index (χ4v) is 6.01. The van der Waals surface area contributed by atoms with Gasteiger partial charge in [0.15, 0.2) is 6.10 Å². The Kier molecular flexibility index (Phi) is 9.86. The Morgan fingerprint density at radius 1 is 0.721 bits per heavy atom. The maximum atomic E-state index is 13.4. The third-order valence-electron chi connectivity index (χ3n) is 7.33. The smallest absolute Gasteiger partial charge is 0.262 e. The average Bonchev–Trinajstić information content (AvgIpc) is 3.04. The SMILES string of the molecule is O=C(NCCc1ccccc1)[C@@H]1CN(C(=O)CCc2ccc(S(=O)(=O)NCCc3ccccc3)cc2)c2ccccc2O1. The van der Waals surface area contributed by atoms with E-state index in [4.69, 9.17) is 4.74 Å². The maximum absolute atomic E-state index is 13.4. The second kappa shape index (κ2) is 14.1. The van der Waals surface area contributed by atoms with Crippen molar-refractivity contribution in [2.45, 2.75) is 36.7 Å². The Bertz CT molecular complexity index is 1630. The Morgan fingerprint density at radius 3 is 1.98 bits per heavy atom. The number of carbonyl (C=O) groups excluding carboxylic acids is 2. The second-order valence-electron chi connectivity index (χ2n) is 10.4. The number of sulfonamides is 1. The molecule has 2 N–H and O–H groups in total. The van der Waals surface area contributed by atoms with Crippen molar-refractivity contribution in [3.05, 3.63) is 126 Å². The number of aryl methyl sites for hydroxylation is 1. The normalized spacial score (nSPS) is 14.4. The van der Waals surface area contributed by atoms with Gasteiger partial charge in [-0.25, -0.2) is 13.1 Å². The van der Waals surface area contributed by atoms with Crippen LogP contribution < -0.4 is 19.7 Å². The van der Waals surface area contributed by atoms with Crippen molar-refractivity contribution < 1.29 is 22.7 Å². The van der Waals surface area contributed by atoms with Gasteiger partial charge in [0.2, 0.25) is 15.9 Å². The third kappa shape index (κ3) is 8.09. The first kappa shape index (κ1) is 30.0. The fourth-order valence-electron chi connectivity index (χ4n) is 4.97. The number of hydrogen-bond acceptors (Lipinski definition) is 5. The Balaban J connectivity index is 1.15. The molecule has 1 atom stereocenters. The summed E-state index contributed by atoms with van der Waals surface area (Å²) in [7, 11) is -3.64. The highest BCUT2D eigenvalue weighted by Crippen LogP contribution is 2.33. The van der Waals surface area contributed by atoms with E-state index in [2.05, 4.69) is 10.0 Å². The second-order valence-corrected chi connectivity index (χ2v) is 12.1. The summed E-state index contributed by atoms with van der Waals surface area (Å²) in [5, 5.41) is 2.93. The monoisotopic (exact) mass is 597 g/mol. The van der Waals surface area contributed by atoms with Crippen LogP contribution in [0, 0.1) is 0 Å². The molecule has 0 bridgehead atoms. The summed E-state index contributed by atoms with van der Waals surface area (Å²) in [6, 6.07) is 33.4. The fraction of sp³-hybridized carbons (Fsp3) is 0.235. The molecule has 1 aliphatic rings. The zero-order chi connectivity index (χ0) is 30.1. The summed E-state index contributed by atoms with van der Waals surface area (Å²) >= 11 is 0. The minimum Gasteiger partial charge on any atom is -0.477 e. The van der Waals surface area contributed by atoms with Gasteiger partial charge < -0.3 is 15.0 Å². The number of nitrogens with zero attached hydrogens (tertiary/aromatic N) is 1. The number of benzene rings is 4. The quantitative estimate of drug-likeness (QED) is 0.254. The lowest BCUT2D eigenvalue weighted by atomic mass is 10.1. The molecule has 0 saturated heterocycles. The molecular weight excluding hydrogens is 562 g/mol. The number of hydrogen-bond donors (Lipinski definition) is 2. The van der Waals surface area contributed by atoms with E-state index >= 15 is 0 Å². The van der Waals surface area contributed by atoms with Crippen LogP contribution in [0.5, 0.6) is 5.75 Å². The van der Waals surface area contributed by atoms with Crippen molar-refractivity contribution in [3.63, 3.8) is 0 Å². The van der Waals surface area contributed by atoms with E-state index in [-0.39, 0.29) is 29.7 Å². The minimum atomic E-state index is -3.64. The highest BCUT2D eigenvalue weighted by atomic mass is 32.2. The number of fused-ring (bicyclic) bond motifs is 1. The zero-order valence-electron chi connectivity index (χ0n) is 23.8. The largest absolute Gasteiger partial charge is 0.477 e. The van der Waals surface area contributed by atoms with E-state index in [1.807, 2.05) is 72.8 Å². The molecule has 0 radical (unpaired) electrons. The molecule has 8 nitrogen and oxygen atoms in total. The van der Waals surface area contributed by atoms with Crippen LogP contribution in [-0.2, 0) is 38.9 Å². The summed E-state index contributed by atoms with van der Waals surface area (Å²) in [5.74, 6) is 0.0779. The number of nitrogens with one attached hydrogen (secondary N) is 2. The first-order chi connectivity index (χ1) is 20.9. The lowest BCUT2D eigenvalue weighted by Gasteiger charge is -2.34. The predicted molar refractivity (Wildman–Crippen MR) is 166 cm³/mol. The lowest BCUT2D eigenvalue weighted by Crippen LogP contribution is -2.51. The van der Waals surface area contributed by atoms with Crippen LogP contribution in [0.25, 0.3) is 0 Å². The van der Waals surface area contributed by atoms with Gasteiger partial charge >= 0.3 is 0 Å². The molecule has 0 fully saturated rings. The van der Waals surface area contributed by atoms with Crippen molar-refractivity contribution in [3.8, 4) is 5.75 Å². The molecule has 4 aromatic rings. The van der Waals surface area contributed by atoms with E-state index in [1.54, 1.807) is 41.3 Å². The number of anilines is 1. The van der Waals surface area contributed by atoms with E-state index in [1.165, 1.54) is 0 Å². The maximum Gasteiger partial charge on any atom is 0.262 e. The van der Waals surface area contributed by atoms with Crippen LogP contribution in [-0.4, -0.2) is 46.0 Å². The van der Waals surface area contributed by atoms with Crippen LogP contribution in [0.4, 0.5) is 5.69 Å². The molecule has 0 unspecified atom stereocenters. The molecule has 9 heteroatoms. The van der Waals surface area contributed by atoms with E-state index in [0.29, 0.717) is 43.8 Å². The van der Waals surface area contributed by atoms with Crippen LogP contribution in [0.2, 0.25) is 0 Å². The standard InChI is InChI=1S/C34H35N3O5S/c38-33(20-17-28-15-18-29(19-16-28)43(40,41)36-24-22-27-11-5-2-6-12-27)37-25-32(42-31-14-8-7-13-30(31)37)34(39)35-23-21-26-9-3-1-4-10-26/h1-16,18-19,32,36H,17,20-25H2,(H,35,39)/t32-/m0/s1. The molecule has 1 heterocycles. The van der Waals surface area contributed by atoms with Gasteiger partial charge in [-0.1, -0.05) is 84.9 Å². The third-order valence-corrected chi connectivity index (χ3v) is 8.81. The summed E-state index contributed by atoms with van der Waals surface area (Å²) < 4.78 is 34.1. The van der Waals surface area contributed by atoms with Crippen LogP contribution in [0.3, 0.4) is 0 Å². The molecule has 4 aromatic carbocycles.